The van der Waals surface area contributed by atoms with Crippen LogP contribution >= 0.6 is 22.9 Å². The highest BCUT2D eigenvalue weighted by Crippen LogP contribution is 2.28. The summed E-state index contributed by atoms with van der Waals surface area (Å²) in [5.41, 5.74) is 0.875. The first-order valence-electron chi connectivity index (χ1n) is 6.44. The normalized spacial score (nSPS) is 18.4. The van der Waals surface area contributed by atoms with Gasteiger partial charge in [-0.3, -0.25) is 10.1 Å². The van der Waals surface area contributed by atoms with Crippen molar-refractivity contribution in [3.05, 3.63) is 29.3 Å². The minimum Gasteiger partial charge on any atom is -0.378 e. The van der Waals surface area contributed by atoms with Crippen molar-refractivity contribution in [1.29, 1.82) is 0 Å². The maximum absolute atomic E-state index is 12.0. The molecule has 110 valence electrons. The number of hydrogen-bond acceptors (Lipinski definition) is 6. The predicted molar refractivity (Wildman–Crippen MR) is 81.6 cm³/mol. The molecule has 1 fully saturated rings. The van der Waals surface area contributed by atoms with E-state index in [2.05, 4.69) is 20.8 Å². The molecule has 0 radical (unpaired) electrons. The Morgan fingerprint density at radius 2 is 2.38 bits per heavy atom. The van der Waals surface area contributed by atoms with Gasteiger partial charge in [0.25, 0.3) is 0 Å². The van der Waals surface area contributed by atoms with Crippen molar-refractivity contribution in [2.24, 2.45) is 0 Å². The summed E-state index contributed by atoms with van der Waals surface area (Å²) >= 11 is 7.26. The summed E-state index contributed by atoms with van der Waals surface area (Å²) in [4.78, 5) is 12.0. The SMILES string of the molecule is O=C(Nc1nnc(-c2cccc(Cl)c2)s1)C1COCCN1. The van der Waals surface area contributed by atoms with Gasteiger partial charge in [0.2, 0.25) is 11.0 Å². The molecule has 0 bridgehead atoms. The highest BCUT2D eigenvalue weighted by molar-refractivity contribution is 7.18. The lowest BCUT2D eigenvalue weighted by Gasteiger charge is -2.22. The van der Waals surface area contributed by atoms with Crippen LogP contribution in [-0.4, -0.2) is 41.9 Å². The third-order valence-electron chi connectivity index (χ3n) is 2.96. The Kier molecular flexibility index (Phi) is 4.45. The van der Waals surface area contributed by atoms with E-state index in [0.29, 0.717) is 34.9 Å². The smallest absolute Gasteiger partial charge is 0.245 e. The van der Waals surface area contributed by atoms with Crippen LogP contribution in [0.2, 0.25) is 5.02 Å². The van der Waals surface area contributed by atoms with Crippen molar-refractivity contribution in [1.82, 2.24) is 15.5 Å². The Labute approximate surface area is 130 Å². The number of benzene rings is 1. The van der Waals surface area contributed by atoms with Crippen LogP contribution in [0, 0.1) is 0 Å². The summed E-state index contributed by atoms with van der Waals surface area (Å²) in [5, 5.41) is 15.7. The summed E-state index contributed by atoms with van der Waals surface area (Å²) < 4.78 is 5.26. The number of morpholine rings is 1. The monoisotopic (exact) mass is 324 g/mol. The molecule has 1 unspecified atom stereocenters. The zero-order valence-electron chi connectivity index (χ0n) is 11.0. The Morgan fingerprint density at radius 1 is 1.48 bits per heavy atom. The fourth-order valence-electron chi connectivity index (χ4n) is 1.94. The second-order valence-electron chi connectivity index (χ2n) is 4.49. The molecular weight excluding hydrogens is 312 g/mol. The Balaban J connectivity index is 1.69. The second-order valence-corrected chi connectivity index (χ2v) is 5.91. The lowest BCUT2D eigenvalue weighted by molar-refractivity contribution is -0.120. The number of aromatic nitrogens is 2. The number of carbonyl (C=O) groups excluding carboxylic acids is 1. The molecule has 1 saturated heterocycles. The lowest BCUT2D eigenvalue weighted by atomic mass is 10.2. The Bertz CT molecular complexity index is 643. The van der Waals surface area contributed by atoms with E-state index >= 15 is 0 Å². The Morgan fingerprint density at radius 3 is 3.14 bits per heavy atom. The average Bonchev–Trinajstić information content (AvgIpc) is 2.97. The molecule has 2 aromatic rings. The van der Waals surface area contributed by atoms with Crippen LogP contribution in [0.1, 0.15) is 0 Å². The maximum atomic E-state index is 12.0. The van der Waals surface area contributed by atoms with Gasteiger partial charge >= 0.3 is 0 Å². The summed E-state index contributed by atoms with van der Waals surface area (Å²) in [5.74, 6) is -0.163. The van der Waals surface area contributed by atoms with E-state index in [9.17, 15) is 4.79 Å². The number of halogens is 1. The molecule has 1 aromatic heterocycles. The number of rotatable bonds is 3. The molecule has 1 amide bonds. The second kappa shape index (κ2) is 6.48. The third-order valence-corrected chi connectivity index (χ3v) is 4.09. The van der Waals surface area contributed by atoms with Gasteiger partial charge < -0.3 is 10.1 Å². The van der Waals surface area contributed by atoms with Gasteiger partial charge in [-0.05, 0) is 12.1 Å². The largest absolute Gasteiger partial charge is 0.378 e. The number of anilines is 1. The molecule has 3 rings (SSSR count). The lowest BCUT2D eigenvalue weighted by Crippen LogP contribution is -2.48. The summed E-state index contributed by atoms with van der Waals surface area (Å²) in [6, 6.07) is 7.00. The zero-order valence-corrected chi connectivity index (χ0v) is 12.6. The van der Waals surface area contributed by atoms with Gasteiger partial charge in [-0.2, -0.15) is 0 Å². The minimum absolute atomic E-state index is 0.163. The number of ether oxygens (including phenoxy) is 1. The standard InChI is InChI=1S/C13H13ClN4O2S/c14-9-3-1-2-8(6-9)12-17-18-13(21-12)16-11(19)10-7-20-5-4-15-10/h1-3,6,10,15H,4-5,7H2,(H,16,18,19). The number of amides is 1. The van der Waals surface area contributed by atoms with Gasteiger partial charge in [-0.1, -0.05) is 35.1 Å². The van der Waals surface area contributed by atoms with E-state index in [1.165, 1.54) is 11.3 Å². The number of carbonyl (C=O) groups is 1. The van der Waals surface area contributed by atoms with E-state index in [0.717, 1.165) is 5.56 Å². The molecule has 21 heavy (non-hydrogen) atoms. The average molecular weight is 325 g/mol. The van der Waals surface area contributed by atoms with E-state index in [4.69, 9.17) is 16.3 Å². The molecule has 0 saturated carbocycles. The first-order chi connectivity index (χ1) is 10.2. The van der Waals surface area contributed by atoms with Crippen molar-refractivity contribution in [3.8, 4) is 10.6 Å². The minimum atomic E-state index is -0.350. The van der Waals surface area contributed by atoms with Crippen LogP contribution in [0.15, 0.2) is 24.3 Å². The van der Waals surface area contributed by atoms with E-state index < -0.39 is 0 Å². The molecule has 1 atom stereocenters. The van der Waals surface area contributed by atoms with Crippen LogP contribution in [0.25, 0.3) is 10.6 Å². The van der Waals surface area contributed by atoms with Gasteiger partial charge in [-0.15, -0.1) is 10.2 Å². The van der Waals surface area contributed by atoms with Crippen molar-refractivity contribution in [2.45, 2.75) is 6.04 Å². The van der Waals surface area contributed by atoms with Crippen LogP contribution < -0.4 is 10.6 Å². The quantitative estimate of drug-likeness (QED) is 0.900. The molecule has 0 aliphatic carbocycles. The molecule has 6 nitrogen and oxygen atoms in total. The number of nitrogens with one attached hydrogen (secondary N) is 2. The van der Waals surface area contributed by atoms with Crippen LogP contribution in [-0.2, 0) is 9.53 Å². The summed E-state index contributed by atoms with van der Waals surface area (Å²) in [6.45, 7) is 1.66. The molecule has 2 N–H and O–H groups in total. The van der Waals surface area contributed by atoms with Crippen LogP contribution in [0.5, 0.6) is 0 Å². The Hall–Kier alpha value is -1.54. The summed E-state index contributed by atoms with van der Waals surface area (Å²) in [6.07, 6.45) is 0. The number of hydrogen-bond donors (Lipinski definition) is 2. The van der Waals surface area contributed by atoms with Gasteiger partial charge in [0.15, 0.2) is 0 Å². The van der Waals surface area contributed by atoms with Crippen molar-refractivity contribution in [2.75, 3.05) is 25.1 Å². The fraction of sp³-hybridized carbons (Fsp3) is 0.308. The van der Waals surface area contributed by atoms with Crippen molar-refractivity contribution < 1.29 is 9.53 Å². The molecule has 1 aromatic carbocycles. The zero-order chi connectivity index (χ0) is 14.7. The predicted octanol–water partition coefficient (Wildman–Crippen LogP) is 1.79. The topological polar surface area (TPSA) is 76.1 Å². The first-order valence-corrected chi connectivity index (χ1v) is 7.63. The summed E-state index contributed by atoms with van der Waals surface area (Å²) in [7, 11) is 0. The fourth-order valence-corrected chi connectivity index (χ4v) is 2.87. The maximum Gasteiger partial charge on any atom is 0.245 e. The van der Waals surface area contributed by atoms with Crippen molar-refractivity contribution in [3.63, 3.8) is 0 Å². The molecule has 2 heterocycles. The molecule has 8 heteroatoms. The first kappa shape index (κ1) is 14.4. The van der Waals surface area contributed by atoms with E-state index in [-0.39, 0.29) is 11.9 Å². The van der Waals surface area contributed by atoms with Crippen LogP contribution in [0.3, 0.4) is 0 Å². The molecular formula is C13H13ClN4O2S. The van der Waals surface area contributed by atoms with Gasteiger partial charge in [0.05, 0.1) is 13.2 Å². The molecule has 0 spiro atoms. The number of nitrogens with zero attached hydrogens (tertiary/aromatic N) is 2. The van der Waals surface area contributed by atoms with E-state index in [1.807, 2.05) is 18.2 Å². The van der Waals surface area contributed by atoms with E-state index in [1.54, 1.807) is 6.07 Å². The van der Waals surface area contributed by atoms with Gasteiger partial charge in [0, 0.05) is 17.1 Å². The highest BCUT2D eigenvalue weighted by atomic mass is 35.5. The van der Waals surface area contributed by atoms with Gasteiger partial charge in [-0.25, -0.2) is 0 Å². The molecule has 1 aliphatic heterocycles. The third kappa shape index (κ3) is 3.56. The highest BCUT2D eigenvalue weighted by Gasteiger charge is 2.22. The van der Waals surface area contributed by atoms with Gasteiger partial charge in [0.1, 0.15) is 11.0 Å². The molecule has 1 aliphatic rings. The van der Waals surface area contributed by atoms with Crippen LogP contribution in [0.4, 0.5) is 5.13 Å². The van der Waals surface area contributed by atoms with Crippen molar-refractivity contribution >= 4 is 34.0 Å².